The molecule has 0 amide bonds. The fourth-order valence-electron chi connectivity index (χ4n) is 2.63. The summed E-state index contributed by atoms with van der Waals surface area (Å²) >= 11 is 2.08. The highest BCUT2D eigenvalue weighted by Crippen LogP contribution is 2.65. The lowest BCUT2D eigenvalue weighted by atomic mass is 9.98. The van der Waals surface area contributed by atoms with Crippen LogP contribution in [0, 0.1) is 13.8 Å². The van der Waals surface area contributed by atoms with Crippen LogP contribution in [-0.2, 0) is 0 Å². The molecule has 0 fully saturated rings. The van der Waals surface area contributed by atoms with Gasteiger partial charge in [0.25, 0.3) is 0 Å². The maximum Gasteiger partial charge on any atom is 0.380 e. The largest absolute Gasteiger partial charge is 0.380 e. The molecule has 0 spiro atoms. The van der Waals surface area contributed by atoms with Gasteiger partial charge in [-0.3, -0.25) is 0 Å². The average molecular weight is 368 g/mol. The predicted molar refractivity (Wildman–Crippen MR) is 79.8 cm³/mol. The maximum absolute atomic E-state index is 14.2. The van der Waals surface area contributed by atoms with E-state index in [4.69, 9.17) is 0 Å². The van der Waals surface area contributed by atoms with Crippen LogP contribution < -0.4 is 0 Å². The van der Waals surface area contributed by atoms with Crippen LogP contribution in [0.4, 0.5) is 26.3 Å². The van der Waals surface area contributed by atoms with Gasteiger partial charge in [-0.2, -0.15) is 26.3 Å². The molecule has 0 N–H and O–H groups in total. The highest BCUT2D eigenvalue weighted by atomic mass is 32.1. The Hall–Kier alpha value is -1.28. The van der Waals surface area contributed by atoms with Crippen LogP contribution in [0.1, 0.15) is 20.9 Å². The van der Waals surface area contributed by atoms with Gasteiger partial charge in [0, 0.05) is 20.9 Å². The van der Waals surface area contributed by atoms with E-state index < -0.39 is 28.9 Å². The topological polar surface area (TPSA) is 0 Å². The van der Waals surface area contributed by atoms with Gasteiger partial charge < -0.3 is 0 Å². The molecule has 0 bridgehead atoms. The van der Waals surface area contributed by atoms with E-state index in [0.29, 0.717) is 9.75 Å². The van der Waals surface area contributed by atoms with Crippen LogP contribution in [0.25, 0.3) is 11.1 Å². The van der Waals surface area contributed by atoms with E-state index in [2.05, 4.69) is 0 Å². The van der Waals surface area contributed by atoms with E-state index >= 15 is 0 Å². The summed E-state index contributed by atoms with van der Waals surface area (Å²) in [5.41, 5.74) is -3.13. The van der Waals surface area contributed by atoms with E-state index in [1.807, 2.05) is 0 Å². The molecule has 0 aromatic carbocycles. The van der Waals surface area contributed by atoms with Crippen LogP contribution in [0.2, 0.25) is 0 Å². The number of hydrogen-bond donors (Lipinski definition) is 0. The van der Waals surface area contributed by atoms with Crippen molar-refractivity contribution in [2.24, 2.45) is 0 Å². The molecular formula is C15H10F6S2. The van der Waals surface area contributed by atoms with E-state index in [-0.39, 0.29) is 11.1 Å². The van der Waals surface area contributed by atoms with Crippen molar-refractivity contribution in [1.82, 2.24) is 0 Å². The summed E-state index contributed by atoms with van der Waals surface area (Å²) in [6.07, 6.45) is 0. The monoisotopic (exact) mass is 368 g/mol. The third-order valence-electron chi connectivity index (χ3n) is 3.71. The smallest absolute Gasteiger partial charge is 0.194 e. The zero-order chi connectivity index (χ0) is 17.2. The lowest BCUT2D eigenvalue weighted by Crippen LogP contribution is -2.48. The Labute approximate surface area is 136 Å². The molecule has 2 heterocycles. The molecule has 2 aromatic rings. The van der Waals surface area contributed by atoms with E-state index in [9.17, 15) is 26.3 Å². The normalized spacial score (nSPS) is 21.9. The average Bonchev–Trinajstić information content (AvgIpc) is 3.05. The molecule has 0 nitrogen and oxygen atoms in total. The van der Waals surface area contributed by atoms with Gasteiger partial charge in [0.2, 0.25) is 0 Å². The molecule has 2 aromatic heterocycles. The van der Waals surface area contributed by atoms with Gasteiger partial charge in [0.15, 0.2) is 0 Å². The molecule has 0 aliphatic heterocycles. The van der Waals surface area contributed by atoms with Crippen molar-refractivity contribution in [3.05, 3.63) is 43.8 Å². The minimum atomic E-state index is -5.48. The SMILES string of the molecule is Cc1cc(C2=C(c3csc(C)c3)C(F)(F)C(F)(F)C2(F)F)cs1. The first-order valence-corrected chi connectivity index (χ1v) is 8.25. The van der Waals surface area contributed by atoms with Gasteiger partial charge in [0.1, 0.15) is 0 Å². The fourth-order valence-corrected chi connectivity index (χ4v) is 4.01. The standard InChI is InChI=1S/C15H10F6S2/c1-7-3-9(5-22-7)11-12(10-4-8(2)23-6-10)14(18,19)15(20,21)13(11,16)17/h3-6H,1-2H3. The number of aryl methyl sites for hydroxylation is 2. The van der Waals surface area contributed by atoms with Crippen LogP contribution in [0.15, 0.2) is 22.9 Å². The number of thiophene rings is 2. The van der Waals surface area contributed by atoms with E-state index in [0.717, 1.165) is 22.7 Å². The summed E-state index contributed by atoms with van der Waals surface area (Å²) in [4.78, 5) is 1.14. The first-order valence-electron chi connectivity index (χ1n) is 6.50. The number of hydrogen-bond acceptors (Lipinski definition) is 2. The van der Waals surface area contributed by atoms with Gasteiger partial charge in [-0.1, -0.05) is 0 Å². The Morgan fingerprint density at radius 2 is 1.04 bits per heavy atom. The van der Waals surface area contributed by atoms with Crippen LogP contribution in [-0.4, -0.2) is 17.8 Å². The van der Waals surface area contributed by atoms with Crippen LogP contribution in [0.3, 0.4) is 0 Å². The summed E-state index contributed by atoms with van der Waals surface area (Å²) < 4.78 is 84.7. The van der Waals surface area contributed by atoms with Crippen molar-refractivity contribution < 1.29 is 26.3 Å². The van der Waals surface area contributed by atoms with Crippen molar-refractivity contribution in [2.75, 3.05) is 0 Å². The summed E-state index contributed by atoms with van der Waals surface area (Å²) in [7, 11) is 0. The molecule has 0 saturated heterocycles. The Bertz CT molecular complexity index is 732. The number of alkyl halides is 6. The van der Waals surface area contributed by atoms with Crippen molar-refractivity contribution in [1.29, 1.82) is 0 Å². The molecule has 0 unspecified atom stereocenters. The Balaban J connectivity index is 2.37. The van der Waals surface area contributed by atoms with Crippen molar-refractivity contribution >= 4 is 33.8 Å². The van der Waals surface area contributed by atoms with Crippen LogP contribution >= 0.6 is 22.7 Å². The Morgan fingerprint density at radius 3 is 1.30 bits per heavy atom. The second-order valence-corrected chi connectivity index (χ2v) is 7.60. The van der Waals surface area contributed by atoms with Crippen molar-refractivity contribution in [3.8, 4) is 0 Å². The minimum Gasteiger partial charge on any atom is -0.194 e. The first-order chi connectivity index (χ1) is 10.5. The quantitative estimate of drug-likeness (QED) is 0.549. The zero-order valence-corrected chi connectivity index (χ0v) is 13.5. The minimum absolute atomic E-state index is 0.284. The molecule has 23 heavy (non-hydrogen) atoms. The summed E-state index contributed by atoms with van der Waals surface area (Å²) in [5.74, 6) is -15.4. The van der Waals surface area contributed by atoms with Gasteiger partial charge in [-0.25, -0.2) is 0 Å². The third-order valence-corrected chi connectivity index (χ3v) is 5.43. The van der Waals surface area contributed by atoms with Gasteiger partial charge >= 0.3 is 17.8 Å². The second-order valence-electron chi connectivity index (χ2n) is 5.37. The Morgan fingerprint density at radius 1 is 0.696 bits per heavy atom. The van der Waals surface area contributed by atoms with Gasteiger partial charge in [0.05, 0.1) is 0 Å². The van der Waals surface area contributed by atoms with Gasteiger partial charge in [-0.05, 0) is 47.9 Å². The molecule has 1 aliphatic carbocycles. The second kappa shape index (κ2) is 4.86. The summed E-state index contributed by atoms with van der Waals surface area (Å²) in [6.45, 7) is 3.18. The molecule has 0 atom stereocenters. The summed E-state index contributed by atoms with van der Waals surface area (Å²) in [6, 6.07) is 2.45. The lowest BCUT2D eigenvalue weighted by molar-refractivity contribution is -0.254. The molecule has 0 saturated carbocycles. The van der Waals surface area contributed by atoms with Crippen molar-refractivity contribution in [3.63, 3.8) is 0 Å². The molecule has 0 radical (unpaired) electrons. The van der Waals surface area contributed by atoms with Crippen molar-refractivity contribution in [2.45, 2.75) is 31.6 Å². The van der Waals surface area contributed by atoms with E-state index in [1.54, 1.807) is 13.8 Å². The molecule has 8 heteroatoms. The highest BCUT2D eigenvalue weighted by Gasteiger charge is 2.80. The molecular weight excluding hydrogens is 358 g/mol. The first kappa shape index (κ1) is 16.6. The number of halogens is 6. The molecule has 3 rings (SSSR count). The predicted octanol–water partition coefficient (Wildman–Crippen LogP) is 6.26. The zero-order valence-electron chi connectivity index (χ0n) is 11.9. The van der Waals surface area contributed by atoms with E-state index in [1.165, 1.54) is 22.9 Å². The number of rotatable bonds is 2. The molecule has 1 aliphatic rings. The lowest BCUT2D eigenvalue weighted by Gasteiger charge is -2.25. The third kappa shape index (κ3) is 2.11. The van der Waals surface area contributed by atoms with Crippen LogP contribution in [0.5, 0.6) is 0 Å². The highest BCUT2D eigenvalue weighted by molar-refractivity contribution is 7.10. The number of allylic oxidation sites excluding steroid dienone is 2. The fraction of sp³-hybridized carbons (Fsp3) is 0.333. The summed E-state index contributed by atoms with van der Waals surface area (Å²) in [5, 5.41) is 2.41. The Kier molecular flexibility index (Phi) is 3.50. The molecule has 124 valence electrons. The van der Waals surface area contributed by atoms with Gasteiger partial charge in [-0.15, -0.1) is 22.7 Å². The maximum atomic E-state index is 14.2.